The van der Waals surface area contributed by atoms with E-state index in [1.807, 2.05) is 36.4 Å². The third-order valence-electron chi connectivity index (χ3n) is 5.24. The van der Waals surface area contributed by atoms with E-state index in [0.29, 0.717) is 4.80 Å². The summed E-state index contributed by atoms with van der Waals surface area (Å²) in [5.74, 6) is -0.968. The number of rotatable bonds is 6. The first kappa shape index (κ1) is 23.8. The van der Waals surface area contributed by atoms with E-state index in [9.17, 15) is 18.0 Å². The van der Waals surface area contributed by atoms with Gasteiger partial charge in [0, 0.05) is 25.0 Å². The summed E-state index contributed by atoms with van der Waals surface area (Å²) in [5.41, 5.74) is 1.01. The number of thiazole rings is 1. The Hall–Kier alpha value is -3.34. The molecule has 34 heavy (non-hydrogen) atoms. The maximum atomic E-state index is 13.0. The lowest BCUT2D eigenvalue weighted by Crippen LogP contribution is -2.23. The van der Waals surface area contributed by atoms with Gasteiger partial charge in [0.05, 0.1) is 21.7 Å². The molecule has 4 aromatic rings. The number of esters is 1. The number of fused-ring (bicyclic) bond motifs is 3. The monoisotopic (exact) mass is 497 g/mol. The van der Waals surface area contributed by atoms with Gasteiger partial charge in [0.1, 0.15) is 6.54 Å². The molecule has 3 aromatic carbocycles. The summed E-state index contributed by atoms with van der Waals surface area (Å²) >= 11 is 1.31. The maximum absolute atomic E-state index is 13.0. The number of hydrogen-bond donors (Lipinski definition) is 0. The molecule has 0 spiro atoms. The molecular formula is C24H23N3O5S2. The average Bonchev–Trinajstić information content (AvgIpc) is 3.16. The first-order valence-corrected chi connectivity index (χ1v) is 12.8. The second kappa shape index (κ2) is 9.49. The molecule has 0 bridgehead atoms. The van der Waals surface area contributed by atoms with E-state index in [4.69, 9.17) is 4.74 Å². The van der Waals surface area contributed by atoms with E-state index in [0.717, 1.165) is 25.3 Å². The zero-order valence-electron chi connectivity index (χ0n) is 18.9. The predicted octanol–water partition coefficient (Wildman–Crippen LogP) is 3.41. The number of hydrogen-bond acceptors (Lipinski definition) is 6. The largest absolute Gasteiger partial charge is 0.465 e. The zero-order chi connectivity index (χ0) is 24.5. The Morgan fingerprint density at radius 3 is 2.41 bits per heavy atom. The Balaban J connectivity index is 1.82. The van der Waals surface area contributed by atoms with Crippen LogP contribution in [0.15, 0.2) is 70.6 Å². The molecule has 0 saturated carbocycles. The summed E-state index contributed by atoms with van der Waals surface area (Å²) in [7, 11) is -0.721. The SMILES string of the molecule is CCOC(=O)Cn1c(=NC(=O)c2ccc(S(=O)(=O)N(C)C)cc2)sc2c3ccccc3ccc21. The van der Waals surface area contributed by atoms with Crippen LogP contribution in [0.1, 0.15) is 17.3 Å². The Bertz CT molecular complexity index is 1570. The van der Waals surface area contributed by atoms with Gasteiger partial charge in [-0.25, -0.2) is 12.7 Å². The minimum atomic E-state index is -3.60. The lowest BCUT2D eigenvalue weighted by atomic mass is 10.1. The van der Waals surface area contributed by atoms with Crippen LogP contribution < -0.4 is 4.80 Å². The molecule has 1 heterocycles. The Kier molecular flexibility index (Phi) is 6.65. The second-order valence-electron chi connectivity index (χ2n) is 7.64. The number of carbonyl (C=O) groups is 2. The molecule has 8 nitrogen and oxygen atoms in total. The fourth-order valence-corrected chi connectivity index (χ4v) is 5.57. The normalized spacial score (nSPS) is 12.5. The van der Waals surface area contributed by atoms with Gasteiger partial charge < -0.3 is 9.30 Å². The molecule has 0 aliphatic heterocycles. The van der Waals surface area contributed by atoms with Crippen molar-refractivity contribution < 1.29 is 22.7 Å². The highest BCUT2D eigenvalue weighted by Gasteiger charge is 2.18. The molecule has 0 fully saturated rings. The molecule has 0 aliphatic rings. The molecule has 1 amide bonds. The van der Waals surface area contributed by atoms with Crippen LogP contribution >= 0.6 is 11.3 Å². The lowest BCUT2D eigenvalue weighted by Gasteiger charge is -2.11. The first-order valence-electron chi connectivity index (χ1n) is 10.5. The molecule has 0 atom stereocenters. The molecule has 4 rings (SSSR count). The van der Waals surface area contributed by atoms with Crippen LogP contribution in [0.25, 0.3) is 21.0 Å². The van der Waals surface area contributed by atoms with Gasteiger partial charge in [-0.3, -0.25) is 9.59 Å². The van der Waals surface area contributed by atoms with Crippen molar-refractivity contribution in [1.82, 2.24) is 8.87 Å². The van der Waals surface area contributed by atoms with Gasteiger partial charge in [0.15, 0.2) is 4.80 Å². The molecule has 0 N–H and O–H groups in total. The Morgan fingerprint density at radius 2 is 1.74 bits per heavy atom. The average molecular weight is 498 g/mol. The standard InChI is InChI=1S/C24H23N3O5S2/c1-4-32-21(28)15-27-20-14-11-16-7-5-6-8-19(16)22(20)33-24(27)25-23(29)17-9-12-18(13-10-17)34(30,31)26(2)3/h5-14H,4,15H2,1-3H3. The summed E-state index contributed by atoms with van der Waals surface area (Å²) in [4.78, 5) is 30.0. The highest BCUT2D eigenvalue weighted by molar-refractivity contribution is 7.89. The van der Waals surface area contributed by atoms with Crippen molar-refractivity contribution in [3.63, 3.8) is 0 Å². The van der Waals surface area contributed by atoms with Crippen molar-refractivity contribution in [2.45, 2.75) is 18.4 Å². The van der Waals surface area contributed by atoms with E-state index in [1.165, 1.54) is 49.7 Å². The zero-order valence-corrected chi connectivity index (χ0v) is 20.5. The third-order valence-corrected chi connectivity index (χ3v) is 8.20. The molecular weight excluding hydrogens is 474 g/mol. The molecule has 176 valence electrons. The number of sulfonamides is 1. The minimum Gasteiger partial charge on any atom is -0.465 e. The molecule has 10 heteroatoms. The van der Waals surface area contributed by atoms with Gasteiger partial charge in [-0.1, -0.05) is 41.7 Å². The number of aromatic nitrogens is 1. The van der Waals surface area contributed by atoms with Crippen molar-refractivity contribution in [3.05, 3.63) is 71.0 Å². The van der Waals surface area contributed by atoms with Crippen LogP contribution in [0.4, 0.5) is 0 Å². The molecule has 0 saturated heterocycles. The van der Waals surface area contributed by atoms with Crippen LogP contribution in [0, 0.1) is 0 Å². The molecule has 0 radical (unpaired) electrons. The lowest BCUT2D eigenvalue weighted by molar-refractivity contribution is -0.143. The second-order valence-corrected chi connectivity index (χ2v) is 10.8. The van der Waals surface area contributed by atoms with Gasteiger partial charge in [-0.15, -0.1) is 0 Å². The van der Waals surface area contributed by atoms with Crippen molar-refractivity contribution in [2.75, 3.05) is 20.7 Å². The Morgan fingerprint density at radius 1 is 1.03 bits per heavy atom. The van der Waals surface area contributed by atoms with E-state index >= 15 is 0 Å². The number of amides is 1. The van der Waals surface area contributed by atoms with Gasteiger partial charge in [-0.2, -0.15) is 4.99 Å². The van der Waals surface area contributed by atoms with Crippen LogP contribution in [0.3, 0.4) is 0 Å². The van der Waals surface area contributed by atoms with Crippen LogP contribution in [-0.2, 0) is 26.1 Å². The van der Waals surface area contributed by atoms with Gasteiger partial charge in [0.25, 0.3) is 5.91 Å². The Labute approximate surface area is 200 Å². The topological polar surface area (TPSA) is 98.0 Å². The third kappa shape index (κ3) is 4.52. The fourth-order valence-electron chi connectivity index (χ4n) is 3.50. The van der Waals surface area contributed by atoms with Crippen molar-refractivity contribution in [1.29, 1.82) is 0 Å². The minimum absolute atomic E-state index is 0.0831. The van der Waals surface area contributed by atoms with Gasteiger partial charge in [-0.05, 0) is 42.6 Å². The van der Waals surface area contributed by atoms with Crippen LogP contribution in [-0.4, -0.2) is 49.9 Å². The van der Waals surface area contributed by atoms with E-state index in [2.05, 4.69) is 4.99 Å². The summed E-state index contributed by atoms with van der Waals surface area (Å²) < 4.78 is 33.4. The highest BCUT2D eigenvalue weighted by Crippen LogP contribution is 2.27. The first-order chi connectivity index (χ1) is 16.2. The van der Waals surface area contributed by atoms with Gasteiger partial charge >= 0.3 is 5.97 Å². The summed E-state index contributed by atoms with van der Waals surface area (Å²) in [6.45, 7) is 1.90. The van der Waals surface area contributed by atoms with E-state index in [-0.39, 0.29) is 23.6 Å². The smallest absolute Gasteiger partial charge is 0.326 e. The van der Waals surface area contributed by atoms with E-state index in [1.54, 1.807) is 11.5 Å². The summed E-state index contributed by atoms with van der Waals surface area (Å²) in [6, 6.07) is 17.3. The maximum Gasteiger partial charge on any atom is 0.326 e. The number of nitrogens with zero attached hydrogens (tertiary/aromatic N) is 3. The number of carbonyl (C=O) groups excluding carboxylic acids is 2. The van der Waals surface area contributed by atoms with Crippen molar-refractivity contribution in [3.8, 4) is 0 Å². The number of benzene rings is 3. The summed E-state index contributed by atoms with van der Waals surface area (Å²) in [5, 5.41) is 2.03. The molecule has 1 aromatic heterocycles. The van der Waals surface area contributed by atoms with Crippen LogP contribution in [0.5, 0.6) is 0 Å². The van der Waals surface area contributed by atoms with Gasteiger partial charge in [0.2, 0.25) is 10.0 Å². The number of ether oxygens (including phenoxy) is 1. The summed E-state index contributed by atoms with van der Waals surface area (Å²) in [6.07, 6.45) is 0. The highest BCUT2D eigenvalue weighted by atomic mass is 32.2. The molecule has 0 unspecified atom stereocenters. The van der Waals surface area contributed by atoms with Crippen LogP contribution in [0.2, 0.25) is 0 Å². The van der Waals surface area contributed by atoms with E-state index < -0.39 is 21.9 Å². The van der Waals surface area contributed by atoms with Crippen molar-refractivity contribution >= 4 is 54.2 Å². The quantitative estimate of drug-likeness (QED) is 0.380. The fraction of sp³-hybridized carbons (Fsp3) is 0.208. The predicted molar refractivity (Wildman–Crippen MR) is 131 cm³/mol. The van der Waals surface area contributed by atoms with Crippen molar-refractivity contribution in [2.24, 2.45) is 4.99 Å². The molecule has 0 aliphatic carbocycles.